The molecule has 0 saturated carbocycles. The van der Waals surface area contributed by atoms with Crippen molar-refractivity contribution >= 4 is 12.0 Å². The van der Waals surface area contributed by atoms with Crippen LogP contribution < -0.4 is 14.2 Å². The van der Waals surface area contributed by atoms with Crippen LogP contribution in [-0.4, -0.2) is 76.4 Å². The molecule has 0 radical (unpaired) electrons. The van der Waals surface area contributed by atoms with E-state index in [1.54, 1.807) is 21.9 Å². The van der Waals surface area contributed by atoms with Crippen LogP contribution in [-0.2, 0) is 4.74 Å². The molecule has 0 N–H and O–H groups in total. The van der Waals surface area contributed by atoms with E-state index < -0.39 is 0 Å². The predicted octanol–water partition coefficient (Wildman–Crippen LogP) is 1.63. The summed E-state index contributed by atoms with van der Waals surface area (Å²) in [6.45, 7) is 1.99. The Labute approximate surface area is 147 Å². The van der Waals surface area contributed by atoms with Crippen molar-refractivity contribution < 1.29 is 28.5 Å². The fraction of sp³-hybridized carbons (Fsp3) is 0.529. The predicted molar refractivity (Wildman–Crippen MR) is 90.6 cm³/mol. The van der Waals surface area contributed by atoms with Gasteiger partial charge in [-0.3, -0.25) is 4.79 Å². The highest BCUT2D eigenvalue weighted by molar-refractivity contribution is 5.95. The van der Waals surface area contributed by atoms with E-state index in [1.165, 1.54) is 28.4 Å². The van der Waals surface area contributed by atoms with E-state index in [1.807, 2.05) is 0 Å². The van der Waals surface area contributed by atoms with Crippen LogP contribution in [0.2, 0.25) is 0 Å². The van der Waals surface area contributed by atoms with Gasteiger partial charge in [0.15, 0.2) is 11.5 Å². The summed E-state index contributed by atoms with van der Waals surface area (Å²) in [6, 6.07) is 3.26. The molecule has 1 aromatic carbocycles. The third-order valence-electron chi connectivity index (χ3n) is 4.13. The first-order chi connectivity index (χ1) is 12.0. The van der Waals surface area contributed by atoms with Gasteiger partial charge in [-0.25, -0.2) is 4.79 Å². The first-order valence-electron chi connectivity index (χ1n) is 7.97. The Morgan fingerprint density at radius 3 is 1.92 bits per heavy atom. The Morgan fingerprint density at radius 2 is 1.40 bits per heavy atom. The maximum absolute atomic E-state index is 12.9. The van der Waals surface area contributed by atoms with Crippen molar-refractivity contribution in [2.24, 2.45) is 0 Å². The second kappa shape index (κ2) is 8.46. The molecular formula is C17H24N2O6. The quantitative estimate of drug-likeness (QED) is 0.820. The summed E-state index contributed by atoms with van der Waals surface area (Å²) in [5.41, 5.74) is 0.445. The van der Waals surface area contributed by atoms with E-state index in [0.717, 1.165) is 0 Å². The van der Waals surface area contributed by atoms with Crippen LogP contribution in [0.1, 0.15) is 16.8 Å². The Kier molecular flexibility index (Phi) is 6.32. The molecule has 0 spiro atoms. The van der Waals surface area contributed by atoms with Gasteiger partial charge < -0.3 is 28.7 Å². The molecule has 1 fully saturated rings. The van der Waals surface area contributed by atoms with Gasteiger partial charge in [-0.2, -0.15) is 0 Å². The number of nitrogens with zero attached hydrogens (tertiary/aromatic N) is 2. The van der Waals surface area contributed by atoms with Crippen LogP contribution >= 0.6 is 0 Å². The van der Waals surface area contributed by atoms with Crippen LogP contribution in [0.15, 0.2) is 12.1 Å². The normalized spacial score (nSPS) is 14.6. The minimum Gasteiger partial charge on any atom is -0.493 e. The van der Waals surface area contributed by atoms with Gasteiger partial charge in [0.2, 0.25) is 5.75 Å². The topological polar surface area (TPSA) is 77.5 Å². The Balaban J connectivity index is 2.21. The highest BCUT2D eigenvalue weighted by atomic mass is 16.5. The highest BCUT2D eigenvalue weighted by Crippen LogP contribution is 2.38. The SMILES string of the molecule is COC(=O)N1CCCN(C(=O)c2cc(OC)c(OC)c(OC)c2)CC1. The molecular weight excluding hydrogens is 328 g/mol. The van der Waals surface area contributed by atoms with Gasteiger partial charge in [-0.1, -0.05) is 0 Å². The molecule has 2 rings (SSSR count). The molecule has 8 heteroatoms. The number of carbonyl (C=O) groups is 2. The van der Waals surface area contributed by atoms with Gasteiger partial charge in [-0.05, 0) is 18.6 Å². The fourth-order valence-electron chi connectivity index (χ4n) is 2.82. The largest absolute Gasteiger partial charge is 0.493 e. The minimum atomic E-state index is -0.373. The van der Waals surface area contributed by atoms with Crippen molar-refractivity contribution in [3.63, 3.8) is 0 Å². The molecule has 1 aliphatic rings. The Hall–Kier alpha value is -2.64. The number of hydrogen-bond acceptors (Lipinski definition) is 6. The van der Waals surface area contributed by atoms with Crippen LogP contribution in [0.3, 0.4) is 0 Å². The number of methoxy groups -OCH3 is 4. The van der Waals surface area contributed by atoms with Gasteiger partial charge in [0.05, 0.1) is 28.4 Å². The maximum atomic E-state index is 12.9. The number of amides is 2. The fourth-order valence-corrected chi connectivity index (χ4v) is 2.82. The third kappa shape index (κ3) is 4.07. The third-order valence-corrected chi connectivity index (χ3v) is 4.13. The summed E-state index contributed by atoms with van der Waals surface area (Å²) in [4.78, 5) is 27.8. The zero-order valence-electron chi connectivity index (χ0n) is 15.0. The van der Waals surface area contributed by atoms with E-state index in [2.05, 4.69) is 0 Å². The van der Waals surface area contributed by atoms with E-state index in [-0.39, 0.29) is 12.0 Å². The number of carbonyl (C=O) groups excluding carboxylic acids is 2. The van der Waals surface area contributed by atoms with E-state index in [4.69, 9.17) is 18.9 Å². The first-order valence-corrected chi connectivity index (χ1v) is 7.97. The Morgan fingerprint density at radius 1 is 0.840 bits per heavy atom. The molecule has 0 aromatic heterocycles. The lowest BCUT2D eigenvalue weighted by Crippen LogP contribution is -2.37. The first kappa shape index (κ1) is 18.7. The molecule has 0 bridgehead atoms. The van der Waals surface area contributed by atoms with Crippen molar-refractivity contribution in [1.82, 2.24) is 9.80 Å². The summed E-state index contributed by atoms with van der Waals surface area (Å²) < 4.78 is 20.6. The lowest BCUT2D eigenvalue weighted by molar-refractivity contribution is 0.0756. The summed E-state index contributed by atoms with van der Waals surface area (Å²) in [5.74, 6) is 1.15. The number of benzene rings is 1. The zero-order chi connectivity index (χ0) is 18.4. The van der Waals surface area contributed by atoms with Crippen LogP contribution in [0.25, 0.3) is 0 Å². The van der Waals surface area contributed by atoms with E-state index >= 15 is 0 Å². The van der Waals surface area contributed by atoms with E-state index in [0.29, 0.717) is 55.4 Å². The smallest absolute Gasteiger partial charge is 0.409 e. The van der Waals surface area contributed by atoms with E-state index in [9.17, 15) is 9.59 Å². The van der Waals surface area contributed by atoms with Crippen molar-refractivity contribution in [3.8, 4) is 17.2 Å². The molecule has 0 atom stereocenters. The monoisotopic (exact) mass is 352 g/mol. The van der Waals surface area contributed by atoms with Crippen molar-refractivity contribution in [3.05, 3.63) is 17.7 Å². The zero-order valence-corrected chi connectivity index (χ0v) is 15.0. The molecule has 138 valence electrons. The molecule has 25 heavy (non-hydrogen) atoms. The highest BCUT2D eigenvalue weighted by Gasteiger charge is 2.25. The van der Waals surface area contributed by atoms with Gasteiger partial charge >= 0.3 is 6.09 Å². The molecule has 1 aromatic rings. The lowest BCUT2D eigenvalue weighted by atomic mass is 10.1. The van der Waals surface area contributed by atoms with Gasteiger partial charge in [0, 0.05) is 31.7 Å². The summed E-state index contributed by atoms with van der Waals surface area (Å²) >= 11 is 0. The van der Waals surface area contributed by atoms with Gasteiger partial charge in [0.1, 0.15) is 0 Å². The summed E-state index contributed by atoms with van der Waals surface area (Å²) in [7, 11) is 5.88. The average Bonchev–Trinajstić information content (AvgIpc) is 2.91. The summed E-state index contributed by atoms with van der Waals surface area (Å²) in [5, 5.41) is 0. The molecule has 1 saturated heterocycles. The van der Waals surface area contributed by atoms with Crippen molar-refractivity contribution in [2.75, 3.05) is 54.6 Å². The molecule has 8 nitrogen and oxygen atoms in total. The molecule has 2 amide bonds. The maximum Gasteiger partial charge on any atom is 0.409 e. The molecule has 1 aliphatic heterocycles. The summed E-state index contributed by atoms with van der Waals surface area (Å²) in [6.07, 6.45) is 0.313. The molecule has 1 heterocycles. The molecule has 0 aliphatic carbocycles. The van der Waals surface area contributed by atoms with Crippen LogP contribution in [0.4, 0.5) is 4.79 Å². The number of rotatable bonds is 4. The second-order valence-corrected chi connectivity index (χ2v) is 5.52. The second-order valence-electron chi connectivity index (χ2n) is 5.52. The van der Waals surface area contributed by atoms with Crippen molar-refractivity contribution in [1.29, 1.82) is 0 Å². The average molecular weight is 352 g/mol. The number of hydrogen-bond donors (Lipinski definition) is 0. The lowest BCUT2D eigenvalue weighted by Gasteiger charge is -2.22. The van der Waals surface area contributed by atoms with Crippen LogP contribution in [0.5, 0.6) is 17.2 Å². The number of ether oxygens (including phenoxy) is 4. The van der Waals surface area contributed by atoms with Gasteiger partial charge in [0.25, 0.3) is 5.91 Å². The van der Waals surface area contributed by atoms with Gasteiger partial charge in [-0.15, -0.1) is 0 Å². The van der Waals surface area contributed by atoms with Crippen LogP contribution in [0, 0.1) is 0 Å². The standard InChI is InChI=1S/C17H24N2O6/c1-22-13-10-12(11-14(23-2)15(13)24-3)16(20)18-6-5-7-19(9-8-18)17(21)25-4/h10-11H,5-9H2,1-4H3. The van der Waals surface area contributed by atoms with Crippen molar-refractivity contribution in [2.45, 2.75) is 6.42 Å². The molecule has 0 unspecified atom stereocenters. The minimum absolute atomic E-state index is 0.147. The Bertz CT molecular complexity index is 609.